The third kappa shape index (κ3) is 2.74. The highest BCUT2D eigenvalue weighted by molar-refractivity contribution is 9.09. The Hall–Kier alpha value is -2.34. The summed E-state index contributed by atoms with van der Waals surface area (Å²) in [5, 5.41) is 2.96. The Kier molecular flexibility index (Phi) is 3.97. The maximum atomic E-state index is 12.9. The van der Waals surface area contributed by atoms with Gasteiger partial charge in [-0.15, -0.1) is 0 Å². The Morgan fingerprint density at radius 2 is 1.74 bits per heavy atom. The number of alkyl halides is 1. The summed E-state index contributed by atoms with van der Waals surface area (Å²) in [5.74, 6) is 0.824. The second kappa shape index (κ2) is 6.37. The van der Waals surface area contributed by atoms with Crippen LogP contribution >= 0.6 is 15.9 Å². The average molecular weight is 428 g/mol. The van der Waals surface area contributed by atoms with E-state index in [-0.39, 0.29) is 46.5 Å². The van der Waals surface area contributed by atoms with Gasteiger partial charge >= 0.3 is 5.97 Å². The van der Waals surface area contributed by atoms with Crippen LogP contribution in [-0.2, 0) is 14.3 Å². The van der Waals surface area contributed by atoms with Gasteiger partial charge in [-0.3, -0.25) is 9.59 Å². The molecule has 2 aromatic rings. The van der Waals surface area contributed by atoms with Crippen molar-refractivity contribution in [3.05, 3.63) is 54.6 Å². The number of amides is 1. The van der Waals surface area contributed by atoms with E-state index in [1.165, 1.54) is 0 Å². The molecule has 0 aromatic heterocycles. The number of carbonyl (C=O) groups is 2. The number of esters is 1. The van der Waals surface area contributed by atoms with Crippen LogP contribution in [0.4, 0.5) is 5.69 Å². The normalized spacial score (nSPS) is 33.0. The molecule has 3 aliphatic rings. The molecule has 0 spiro atoms. The molecule has 1 amide bonds. The third-order valence-corrected chi connectivity index (χ3v) is 7.13. The summed E-state index contributed by atoms with van der Waals surface area (Å²) in [6.45, 7) is 0. The van der Waals surface area contributed by atoms with Crippen LogP contribution in [0.25, 0.3) is 0 Å². The third-order valence-electron chi connectivity index (χ3n) is 5.93. The minimum absolute atomic E-state index is 0.0639. The molecule has 5 rings (SSSR count). The fourth-order valence-electron chi connectivity index (χ4n) is 4.79. The SMILES string of the molecule is O=C(Nc1ccc(Oc2ccccc2)cc1)[C@@H]1[C@H]2C[C@H]3[C@H](OC(=O)[C@H]31)[C@@H]2Br. The van der Waals surface area contributed by atoms with Gasteiger partial charge in [0.05, 0.1) is 16.7 Å². The Morgan fingerprint density at radius 1 is 1.04 bits per heavy atom. The fraction of sp³-hybridized carbons (Fsp3) is 0.333. The minimum atomic E-state index is -0.328. The maximum absolute atomic E-state index is 12.9. The number of rotatable bonds is 4. The number of para-hydroxylation sites is 1. The molecular formula is C21H18BrNO4. The number of hydrogen-bond acceptors (Lipinski definition) is 4. The standard InChI is InChI=1S/C21H18BrNO4/c22-18-14-10-15-17(21(25)27-19(15)18)16(14)20(24)23-11-6-8-13(9-7-11)26-12-4-2-1-3-5-12/h1-9,14-19H,10H2,(H,23,24)/t14-,15-,16-,17-,18-,19+/m1/s1. The number of anilines is 1. The Labute approximate surface area is 165 Å². The van der Waals surface area contributed by atoms with E-state index >= 15 is 0 Å². The van der Waals surface area contributed by atoms with Gasteiger partial charge < -0.3 is 14.8 Å². The van der Waals surface area contributed by atoms with Crippen LogP contribution in [0.2, 0.25) is 0 Å². The van der Waals surface area contributed by atoms with E-state index in [4.69, 9.17) is 9.47 Å². The molecule has 138 valence electrons. The number of halogens is 1. The van der Waals surface area contributed by atoms with Crippen LogP contribution in [0.5, 0.6) is 11.5 Å². The molecule has 27 heavy (non-hydrogen) atoms. The lowest BCUT2D eigenvalue weighted by Crippen LogP contribution is -2.40. The van der Waals surface area contributed by atoms with Crippen LogP contribution in [0.1, 0.15) is 6.42 Å². The summed E-state index contributed by atoms with van der Waals surface area (Å²) in [6, 6.07) is 16.8. The highest BCUT2D eigenvalue weighted by Crippen LogP contribution is 2.60. The first-order valence-corrected chi connectivity index (χ1v) is 10.0. The van der Waals surface area contributed by atoms with Crippen LogP contribution in [0.15, 0.2) is 54.6 Å². The number of ether oxygens (including phenoxy) is 2. The van der Waals surface area contributed by atoms with Crippen molar-refractivity contribution in [3.63, 3.8) is 0 Å². The molecule has 6 atom stereocenters. The van der Waals surface area contributed by atoms with Crippen LogP contribution in [-0.4, -0.2) is 22.8 Å². The summed E-state index contributed by atoms with van der Waals surface area (Å²) in [6.07, 6.45) is 0.810. The quantitative estimate of drug-likeness (QED) is 0.591. The van der Waals surface area contributed by atoms with Gasteiger partial charge in [0, 0.05) is 11.6 Å². The molecule has 2 aromatic carbocycles. The Bertz CT molecular complexity index is 885. The predicted molar refractivity (Wildman–Crippen MR) is 103 cm³/mol. The van der Waals surface area contributed by atoms with Crippen molar-refractivity contribution in [2.75, 3.05) is 5.32 Å². The highest BCUT2D eigenvalue weighted by atomic mass is 79.9. The molecule has 0 unspecified atom stereocenters. The highest BCUT2D eigenvalue weighted by Gasteiger charge is 2.67. The fourth-order valence-corrected chi connectivity index (χ4v) is 5.83. The molecule has 1 heterocycles. The average Bonchev–Trinajstić information content (AvgIpc) is 3.28. The van der Waals surface area contributed by atoms with Gasteiger partial charge in [0.25, 0.3) is 0 Å². The van der Waals surface area contributed by atoms with Crippen LogP contribution < -0.4 is 10.1 Å². The molecule has 3 fully saturated rings. The summed E-state index contributed by atoms with van der Waals surface area (Å²) in [4.78, 5) is 25.1. The summed E-state index contributed by atoms with van der Waals surface area (Å²) in [7, 11) is 0. The van der Waals surface area contributed by atoms with Crippen molar-refractivity contribution in [2.24, 2.45) is 23.7 Å². The first kappa shape index (κ1) is 16.8. The van der Waals surface area contributed by atoms with E-state index in [1.54, 1.807) is 0 Å². The Balaban J connectivity index is 1.28. The van der Waals surface area contributed by atoms with Gasteiger partial charge in [0.15, 0.2) is 0 Å². The Morgan fingerprint density at radius 3 is 2.48 bits per heavy atom. The molecule has 2 bridgehead atoms. The van der Waals surface area contributed by atoms with Crippen molar-refractivity contribution >= 4 is 33.5 Å². The second-order valence-electron chi connectivity index (χ2n) is 7.39. The van der Waals surface area contributed by atoms with Crippen molar-refractivity contribution in [3.8, 4) is 11.5 Å². The van der Waals surface area contributed by atoms with E-state index in [2.05, 4.69) is 21.2 Å². The summed E-state index contributed by atoms with van der Waals surface area (Å²) < 4.78 is 11.2. The van der Waals surface area contributed by atoms with Crippen LogP contribution in [0, 0.1) is 23.7 Å². The molecule has 5 nitrogen and oxygen atoms in total. The molecule has 1 saturated heterocycles. The van der Waals surface area contributed by atoms with Gasteiger partial charge in [-0.2, -0.15) is 0 Å². The van der Waals surface area contributed by atoms with E-state index < -0.39 is 0 Å². The zero-order valence-electron chi connectivity index (χ0n) is 14.4. The number of nitrogens with one attached hydrogen (secondary N) is 1. The predicted octanol–water partition coefficient (Wildman–Crippen LogP) is 3.99. The number of fused-ring (bicyclic) bond motifs is 1. The molecule has 0 radical (unpaired) electrons. The van der Waals surface area contributed by atoms with E-state index in [1.807, 2.05) is 54.6 Å². The molecular weight excluding hydrogens is 410 g/mol. The van der Waals surface area contributed by atoms with Crippen molar-refractivity contribution in [1.82, 2.24) is 0 Å². The van der Waals surface area contributed by atoms with Gasteiger partial charge in [-0.1, -0.05) is 34.1 Å². The number of hydrogen-bond donors (Lipinski definition) is 1. The van der Waals surface area contributed by atoms with Crippen molar-refractivity contribution in [2.45, 2.75) is 17.4 Å². The van der Waals surface area contributed by atoms with E-state index in [0.717, 1.165) is 12.2 Å². The van der Waals surface area contributed by atoms with Gasteiger partial charge in [0.1, 0.15) is 17.6 Å². The van der Waals surface area contributed by atoms with Crippen LogP contribution in [0.3, 0.4) is 0 Å². The molecule has 1 N–H and O–H groups in total. The van der Waals surface area contributed by atoms with Crippen molar-refractivity contribution < 1.29 is 19.1 Å². The van der Waals surface area contributed by atoms with E-state index in [9.17, 15) is 9.59 Å². The lowest BCUT2D eigenvalue weighted by molar-refractivity contribution is -0.145. The van der Waals surface area contributed by atoms with Gasteiger partial charge in [-0.05, 0) is 48.7 Å². The lowest BCUT2D eigenvalue weighted by atomic mass is 9.79. The lowest BCUT2D eigenvalue weighted by Gasteiger charge is -2.27. The first-order chi connectivity index (χ1) is 13.1. The zero-order chi connectivity index (χ0) is 18.5. The zero-order valence-corrected chi connectivity index (χ0v) is 16.0. The first-order valence-electron chi connectivity index (χ1n) is 9.10. The topological polar surface area (TPSA) is 64.6 Å². The molecule has 2 saturated carbocycles. The monoisotopic (exact) mass is 427 g/mol. The largest absolute Gasteiger partial charge is 0.461 e. The van der Waals surface area contributed by atoms with Crippen molar-refractivity contribution in [1.29, 1.82) is 0 Å². The summed E-state index contributed by atoms with van der Waals surface area (Å²) in [5.41, 5.74) is 0.692. The molecule has 2 aliphatic carbocycles. The number of benzene rings is 2. The molecule has 1 aliphatic heterocycles. The van der Waals surface area contributed by atoms with Gasteiger partial charge in [0.2, 0.25) is 5.91 Å². The number of carbonyl (C=O) groups excluding carboxylic acids is 2. The smallest absolute Gasteiger partial charge is 0.310 e. The minimum Gasteiger partial charge on any atom is -0.461 e. The summed E-state index contributed by atoms with van der Waals surface area (Å²) >= 11 is 3.64. The van der Waals surface area contributed by atoms with Gasteiger partial charge in [-0.25, -0.2) is 0 Å². The molecule has 6 heteroatoms. The maximum Gasteiger partial charge on any atom is 0.310 e. The van der Waals surface area contributed by atoms with E-state index in [0.29, 0.717) is 11.4 Å². The second-order valence-corrected chi connectivity index (χ2v) is 8.45.